The van der Waals surface area contributed by atoms with Crippen LogP contribution in [0.2, 0.25) is 6.04 Å². The molecule has 0 aliphatic rings. The van der Waals surface area contributed by atoms with Crippen LogP contribution in [0.4, 0.5) is 0 Å². The van der Waals surface area contributed by atoms with E-state index in [4.69, 9.17) is 13.3 Å². The summed E-state index contributed by atoms with van der Waals surface area (Å²) in [5, 5.41) is 2.49. The molecule has 4 nitrogen and oxygen atoms in total. The lowest BCUT2D eigenvalue weighted by Crippen LogP contribution is -2.42. The van der Waals surface area contributed by atoms with Gasteiger partial charge >= 0.3 is 8.80 Å². The molecular weight excluding hydrogens is 318 g/mol. The second-order valence-electron chi connectivity index (χ2n) is 6.12. The molecule has 1 aromatic carbocycles. The second-order valence-corrected chi connectivity index (χ2v) is 9.21. The largest absolute Gasteiger partial charge is 0.500 e. The molecular formula is C19H29NO3Si. The van der Waals surface area contributed by atoms with Gasteiger partial charge in [-0.05, 0) is 36.3 Å². The summed E-state index contributed by atoms with van der Waals surface area (Å²) in [6, 6.07) is 9.65. The minimum absolute atomic E-state index is 0.898. The van der Waals surface area contributed by atoms with Gasteiger partial charge in [-0.3, -0.25) is 4.98 Å². The second kappa shape index (κ2) is 9.89. The Labute approximate surface area is 146 Å². The molecule has 0 aliphatic carbocycles. The Morgan fingerprint density at radius 3 is 2.29 bits per heavy atom. The first-order valence-electron chi connectivity index (χ1n) is 8.71. The van der Waals surface area contributed by atoms with Crippen molar-refractivity contribution in [3.05, 3.63) is 42.2 Å². The molecule has 1 heterocycles. The van der Waals surface area contributed by atoms with Crippen LogP contribution in [0, 0.1) is 0 Å². The number of fused-ring (bicyclic) bond motifs is 1. The molecule has 0 unspecified atom stereocenters. The van der Waals surface area contributed by atoms with E-state index in [-0.39, 0.29) is 0 Å². The van der Waals surface area contributed by atoms with Crippen molar-refractivity contribution in [2.75, 3.05) is 21.3 Å². The van der Waals surface area contributed by atoms with Crippen LogP contribution in [0.25, 0.3) is 10.8 Å². The molecule has 2 rings (SSSR count). The zero-order valence-electron chi connectivity index (χ0n) is 15.1. The van der Waals surface area contributed by atoms with E-state index in [2.05, 4.69) is 29.2 Å². The van der Waals surface area contributed by atoms with Crippen LogP contribution in [-0.2, 0) is 19.7 Å². The summed E-state index contributed by atoms with van der Waals surface area (Å²) in [6.45, 7) is 0. The fraction of sp³-hybridized carbons (Fsp3) is 0.526. The highest BCUT2D eigenvalue weighted by Crippen LogP contribution is 2.19. The summed E-state index contributed by atoms with van der Waals surface area (Å²) in [7, 11) is 2.67. The van der Waals surface area contributed by atoms with Gasteiger partial charge in [0.1, 0.15) is 0 Å². The van der Waals surface area contributed by atoms with Gasteiger partial charge in [0.15, 0.2) is 0 Å². The molecule has 0 saturated carbocycles. The van der Waals surface area contributed by atoms with Gasteiger partial charge in [0.25, 0.3) is 0 Å². The van der Waals surface area contributed by atoms with Crippen molar-refractivity contribution in [3.63, 3.8) is 0 Å². The van der Waals surface area contributed by atoms with Crippen molar-refractivity contribution in [1.29, 1.82) is 0 Å². The normalized spacial score (nSPS) is 12.0. The zero-order chi connectivity index (χ0) is 17.3. The van der Waals surface area contributed by atoms with Crippen LogP contribution in [0.3, 0.4) is 0 Å². The van der Waals surface area contributed by atoms with Crippen molar-refractivity contribution in [2.45, 2.75) is 44.6 Å². The Kier molecular flexibility index (Phi) is 7.85. The third-order valence-corrected chi connectivity index (χ3v) is 7.42. The highest BCUT2D eigenvalue weighted by Gasteiger charge is 2.36. The Balaban J connectivity index is 1.64. The predicted molar refractivity (Wildman–Crippen MR) is 100 cm³/mol. The molecule has 0 spiro atoms. The maximum Gasteiger partial charge on any atom is 0.500 e. The maximum atomic E-state index is 5.45. The number of benzene rings is 1. The zero-order valence-corrected chi connectivity index (χ0v) is 16.1. The molecule has 0 aliphatic heterocycles. The van der Waals surface area contributed by atoms with Crippen LogP contribution in [0.15, 0.2) is 36.7 Å². The van der Waals surface area contributed by atoms with Crippen molar-refractivity contribution < 1.29 is 13.3 Å². The van der Waals surface area contributed by atoms with Crippen molar-refractivity contribution in [2.24, 2.45) is 0 Å². The van der Waals surface area contributed by atoms with Gasteiger partial charge in [-0.2, -0.15) is 0 Å². The first-order chi connectivity index (χ1) is 11.7. The Hall–Kier alpha value is -1.27. The minimum Gasteiger partial charge on any atom is -0.377 e. The average molecular weight is 348 g/mol. The van der Waals surface area contributed by atoms with Crippen LogP contribution < -0.4 is 0 Å². The molecule has 0 saturated heterocycles. The smallest absolute Gasteiger partial charge is 0.377 e. The van der Waals surface area contributed by atoms with Crippen LogP contribution in [-0.4, -0.2) is 35.1 Å². The number of hydrogen-bond donors (Lipinski definition) is 0. The number of pyridine rings is 1. The highest BCUT2D eigenvalue weighted by molar-refractivity contribution is 6.60. The van der Waals surface area contributed by atoms with Gasteiger partial charge < -0.3 is 13.3 Å². The van der Waals surface area contributed by atoms with E-state index in [0.29, 0.717) is 0 Å². The summed E-state index contributed by atoms with van der Waals surface area (Å²) >= 11 is 0. The van der Waals surface area contributed by atoms with Crippen LogP contribution >= 0.6 is 0 Å². The van der Waals surface area contributed by atoms with Crippen LogP contribution in [0.5, 0.6) is 0 Å². The van der Waals surface area contributed by atoms with E-state index >= 15 is 0 Å². The van der Waals surface area contributed by atoms with Gasteiger partial charge in [-0.15, -0.1) is 0 Å². The molecule has 0 bridgehead atoms. The fourth-order valence-electron chi connectivity index (χ4n) is 3.05. The van der Waals surface area contributed by atoms with Gasteiger partial charge in [0.05, 0.1) is 0 Å². The molecule has 1 aromatic heterocycles. The van der Waals surface area contributed by atoms with Gasteiger partial charge in [-0.25, -0.2) is 0 Å². The summed E-state index contributed by atoms with van der Waals surface area (Å²) in [4.78, 5) is 4.16. The number of aromatic nitrogens is 1. The first-order valence-corrected chi connectivity index (χ1v) is 10.6. The standard InChI is InChI=1S/C19H29NO3Si/c1-21-24(22-2,23-3)14-8-6-4-5-7-9-17-10-11-19-16-20-13-12-18(19)15-17/h10-13,15-16H,4-9,14H2,1-3H3. The van der Waals surface area contributed by atoms with E-state index in [1.54, 1.807) is 21.3 Å². The van der Waals surface area contributed by atoms with Crippen molar-refractivity contribution in [1.82, 2.24) is 4.98 Å². The summed E-state index contributed by atoms with van der Waals surface area (Å²) in [5.74, 6) is 0. The number of nitrogens with zero attached hydrogens (tertiary/aromatic N) is 1. The number of aryl methyl sites for hydroxylation is 1. The third kappa shape index (κ3) is 5.38. The molecule has 0 amide bonds. The van der Waals surface area contributed by atoms with Crippen molar-refractivity contribution in [3.8, 4) is 0 Å². The SMILES string of the molecule is CO[Si](CCCCCCCc1ccc2cnccc2c1)(OC)OC. The van der Waals surface area contributed by atoms with E-state index in [1.807, 2.05) is 12.4 Å². The summed E-state index contributed by atoms with van der Waals surface area (Å²) in [6.07, 6.45) is 11.0. The fourth-order valence-corrected chi connectivity index (χ4v) is 4.84. The van der Waals surface area contributed by atoms with E-state index in [9.17, 15) is 0 Å². The molecule has 2 aromatic rings. The molecule has 0 N–H and O–H groups in total. The third-order valence-electron chi connectivity index (χ3n) is 4.59. The molecule has 5 heteroatoms. The maximum absolute atomic E-state index is 5.45. The highest BCUT2D eigenvalue weighted by atomic mass is 28.4. The van der Waals surface area contributed by atoms with Gasteiger partial charge in [-0.1, -0.05) is 37.5 Å². The minimum atomic E-state index is -2.37. The van der Waals surface area contributed by atoms with E-state index in [1.165, 1.54) is 42.0 Å². The molecule has 24 heavy (non-hydrogen) atoms. The Morgan fingerprint density at radius 2 is 1.54 bits per heavy atom. The molecule has 0 atom stereocenters. The van der Waals surface area contributed by atoms with Gasteiger partial charge in [0, 0.05) is 45.2 Å². The lowest BCUT2D eigenvalue weighted by atomic mass is 10.0. The van der Waals surface area contributed by atoms with Crippen molar-refractivity contribution >= 4 is 19.6 Å². The van der Waals surface area contributed by atoms with E-state index in [0.717, 1.165) is 18.9 Å². The first kappa shape index (κ1) is 19.1. The molecule has 0 radical (unpaired) electrons. The number of hydrogen-bond acceptors (Lipinski definition) is 4. The Morgan fingerprint density at radius 1 is 0.833 bits per heavy atom. The lowest BCUT2D eigenvalue weighted by Gasteiger charge is -2.24. The van der Waals surface area contributed by atoms with Crippen LogP contribution in [0.1, 0.15) is 37.7 Å². The average Bonchev–Trinajstić information content (AvgIpc) is 2.64. The monoisotopic (exact) mass is 347 g/mol. The predicted octanol–water partition coefficient (Wildman–Crippen LogP) is 4.61. The van der Waals surface area contributed by atoms with E-state index < -0.39 is 8.80 Å². The summed E-state index contributed by atoms with van der Waals surface area (Å²) in [5.41, 5.74) is 1.42. The lowest BCUT2D eigenvalue weighted by molar-refractivity contribution is 0.122. The van der Waals surface area contributed by atoms with Gasteiger partial charge in [0.2, 0.25) is 0 Å². The Bertz CT molecular complexity index is 608. The molecule has 0 fully saturated rings. The number of unbranched alkanes of at least 4 members (excludes halogenated alkanes) is 4. The topological polar surface area (TPSA) is 40.6 Å². The summed E-state index contributed by atoms with van der Waals surface area (Å²) < 4.78 is 16.3. The molecule has 132 valence electrons. The number of rotatable bonds is 11. The quantitative estimate of drug-likeness (QED) is 0.440.